The van der Waals surface area contributed by atoms with Crippen LogP contribution in [-0.4, -0.2) is 17.4 Å². The summed E-state index contributed by atoms with van der Waals surface area (Å²) in [6, 6.07) is 0. The lowest BCUT2D eigenvalue weighted by atomic mass is 9.78. The highest BCUT2D eigenvalue weighted by atomic mass is 16.3. The minimum atomic E-state index is -0.471. The molecule has 0 aromatic rings. The topological polar surface area (TPSA) is 32.3 Å². The van der Waals surface area contributed by atoms with Gasteiger partial charge in [-0.15, -0.1) is 0 Å². The monoisotopic (exact) mass is 141 g/mol. The molecule has 0 spiro atoms. The van der Waals surface area contributed by atoms with E-state index in [1.165, 1.54) is 19.3 Å². The van der Waals surface area contributed by atoms with Gasteiger partial charge in [-0.2, -0.15) is 0 Å². The lowest BCUT2D eigenvalue weighted by Gasteiger charge is -2.42. The molecule has 0 radical (unpaired) electrons. The van der Waals surface area contributed by atoms with Gasteiger partial charge < -0.3 is 5.11 Å². The highest BCUT2D eigenvalue weighted by molar-refractivity contribution is 4.88. The Hall–Kier alpha value is -0.0800. The van der Waals surface area contributed by atoms with Crippen molar-refractivity contribution in [3.8, 4) is 0 Å². The van der Waals surface area contributed by atoms with Crippen molar-refractivity contribution in [3.63, 3.8) is 0 Å². The zero-order chi connectivity index (χ0) is 7.03. The van der Waals surface area contributed by atoms with Gasteiger partial charge in [0.05, 0.1) is 0 Å². The Labute approximate surface area is 61.6 Å². The maximum Gasteiger partial charge on any atom is 0.116 e. The number of piperidine rings is 1. The maximum absolute atomic E-state index is 9.79. The summed E-state index contributed by atoms with van der Waals surface area (Å²) >= 11 is 0. The molecular formula is C8H15NO. The SMILES string of the molecule is OC12CCCC(CCN1)C2. The minimum absolute atomic E-state index is 0.471. The minimum Gasteiger partial charge on any atom is -0.376 e. The highest BCUT2D eigenvalue weighted by Crippen LogP contribution is 2.35. The predicted octanol–water partition coefficient (Wildman–Crippen LogP) is 0.859. The van der Waals surface area contributed by atoms with Crippen LogP contribution in [0.4, 0.5) is 0 Å². The Bertz CT molecular complexity index is 125. The largest absolute Gasteiger partial charge is 0.376 e. The number of aliphatic hydroxyl groups is 1. The summed E-state index contributed by atoms with van der Waals surface area (Å²) in [4.78, 5) is 0. The molecule has 2 aliphatic rings. The summed E-state index contributed by atoms with van der Waals surface area (Å²) in [5, 5.41) is 13.0. The molecule has 2 heteroatoms. The first-order chi connectivity index (χ1) is 4.79. The molecule has 1 aliphatic heterocycles. The van der Waals surface area contributed by atoms with Gasteiger partial charge >= 0.3 is 0 Å². The first-order valence-corrected chi connectivity index (χ1v) is 4.26. The van der Waals surface area contributed by atoms with Crippen molar-refractivity contribution in [1.29, 1.82) is 0 Å². The van der Waals surface area contributed by atoms with E-state index in [4.69, 9.17) is 0 Å². The molecular weight excluding hydrogens is 126 g/mol. The first-order valence-electron chi connectivity index (χ1n) is 4.26. The van der Waals surface area contributed by atoms with Gasteiger partial charge in [0, 0.05) is 0 Å². The van der Waals surface area contributed by atoms with Crippen LogP contribution in [0.1, 0.15) is 32.1 Å². The molecule has 2 nitrogen and oxygen atoms in total. The fourth-order valence-electron chi connectivity index (χ4n) is 2.28. The van der Waals surface area contributed by atoms with E-state index in [0.717, 1.165) is 25.3 Å². The Morgan fingerprint density at radius 3 is 3.00 bits per heavy atom. The highest BCUT2D eigenvalue weighted by Gasteiger charge is 2.36. The molecule has 1 saturated heterocycles. The summed E-state index contributed by atoms with van der Waals surface area (Å²) < 4.78 is 0. The summed E-state index contributed by atoms with van der Waals surface area (Å²) in [6.45, 7) is 1.02. The molecule has 0 aromatic carbocycles. The van der Waals surface area contributed by atoms with Crippen molar-refractivity contribution >= 4 is 0 Å². The Morgan fingerprint density at radius 1 is 1.40 bits per heavy atom. The van der Waals surface area contributed by atoms with Gasteiger partial charge in [-0.3, -0.25) is 5.32 Å². The van der Waals surface area contributed by atoms with E-state index in [1.54, 1.807) is 0 Å². The molecule has 2 N–H and O–H groups in total. The van der Waals surface area contributed by atoms with Gasteiger partial charge in [-0.25, -0.2) is 0 Å². The number of fused-ring (bicyclic) bond motifs is 2. The van der Waals surface area contributed by atoms with Crippen LogP contribution in [0.25, 0.3) is 0 Å². The van der Waals surface area contributed by atoms with Gasteiger partial charge in [0.15, 0.2) is 0 Å². The van der Waals surface area contributed by atoms with Crippen LogP contribution in [0.2, 0.25) is 0 Å². The summed E-state index contributed by atoms with van der Waals surface area (Å²) in [6.07, 6.45) is 5.76. The van der Waals surface area contributed by atoms with Gasteiger partial charge in [-0.1, -0.05) is 6.42 Å². The van der Waals surface area contributed by atoms with Crippen LogP contribution in [0.15, 0.2) is 0 Å². The first kappa shape index (κ1) is 6.62. The third-order valence-electron chi connectivity index (χ3n) is 2.84. The van der Waals surface area contributed by atoms with E-state index in [1.807, 2.05) is 0 Å². The smallest absolute Gasteiger partial charge is 0.116 e. The van der Waals surface area contributed by atoms with Crippen LogP contribution >= 0.6 is 0 Å². The maximum atomic E-state index is 9.79. The zero-order valence-corrected chi connectivity index (χ0v) is 6.27. The molecule has 2 rings (SSSR count). The molecule has 10 heavy (non-hydrogen) atoms. The van der Waals surface area contributed by atoms with Crippen molar-refractivity contribution in [3.05, 3.63) is 0 Å². The molecule has 1 aliphatic carbocycles. The number of hydrogen-bond acceptors (Lipinski definition) is 2. The van der Waals surface area contributed by atoms with E-state index in [-0.39, 0.29) is 0 Å². The number of hydrogen-bond donors (Lipinski definition) is 2. The van der Waals surface area contributed by atoms with Crippen LogP contribution in [0.5, 0.6) is 0 Å². The molecule has 0 aromatic heterocycles. The second-order valence-corrected chi connectivity index (χ2v) is 3.71. The molecule has 2 unspecified atom stereocenters. The zero-order valence-electron chi connectivity index (χ0n) is 6.27. The van der Waals surface area contributed by atoms with Crippen molar-refractivity contribution in [1.82, 2.24) is 5.32 Å². The quantitative estimate of drug-likeness (QED) is 0.524. The fourth-order valence-corrected chi connectivity index (χ4v) is 2.28. The molecule has 0 amide bonds. The van der Waals surface area contributed by atoms with E-state index < -0.39 is 5.72 Å². The third kappa shape index (κ3) is 1.06. The van der Waals surface area contributed by atoms with E-state index in [2.05, 4.69) is 5.32 Å². The van der Waals surface area contributed by atoms with Crippen LogP contribution in [-0.2, 0) is 0 Å². The Morgan fingerprint density at radius 2 is 2.30 bits per heavy atom. The van der Waals surface area contributed by atoms with E-state index in [0.29, 0.717) is 0 Å². The second-order valence-electron chi connectivity index (χ2n) is 3.71. The van der Waals surface area contributed by atoms with Gasteiger partial charge in [0.2, 0.25) is 0 Å². The Balaban J connectivity index is 2.07. The van der Waals surface area contributed by atoms with Crippen molar-refractivity contribution in [2.75, 3.05) is 6.54 Å². The number of nitrogens with one attached hydrogen (secondary N) is 1. The molecule has 2 fully saturated rings. The molecule has 2 atom stereocenters. The molecule has 2 bridgehead atoms. The van der Waals surface area contributed by atoms with Crippen molar-refractivity contribution < 1.29 is 5.11 Å². The summed E-state index contributed by atoms with van der Waals surface area (Å²) in [5.74, 6) is 0.806. The van der Waals surface area contributed by atoms with E-state index >= 15 is 0 Å². The normalized spacial score (nSPS) is 47.1. The fraction of sp³-hybridized carbons (Fsp3) is 1.00. The standard InChI is InChI=1S/C8H15NO/c10-8-4-1-2-7(6-8)3-5-9-8/h7,9-10H,1-6H2. The second kappa shape index (κ2) is 2.21. The Kier molecular flexibility index (Phi) is 1.46. The van der Waals surface area contributed by atoms with Gasteiger partial charge in [0.25, 0.3) is 0 Å². The van der Waals surface area contributed by atoms with Gasteiger partial charge in [-0.05, 0) is 38.1 Å². The average molecular weight is 141 g/mol. The van der Waals surface area contributed by atoms with Gasteiger partial charge in [0.1, 0.15) is 5.72 Å². The summed E-state index contributed by atoms with van der Waals surface area (Å²) in [5.41, 5.74) is -0.471. The van der Waals surface area contributed by atoms with Crippen LogP contribution in [0.3, 0.4) is 0 Å². The van der Waals surface area contributed by atoms with Crippen molar-refractivity contribution in [2.24, 2.45) is 5.92 Å². The third-order valence-corrected chi connectivity index (χ3v) is 2.84. The van der Waals surface area contributed by atoms with Crippen LogP contribution < -0.4 is 5.32 Å². The molecule has 1 saturated carbocycles. The van der Waals surface area contributed by atoms with Crippen LogP contribution in [0, 0.1) is 5.92 Å². The predicted molar refractivity (Wildman–Crippen MR) is 39.5 cm³/mol. The summed E-state index contributed by atoms with van der Waals surface area (Å²) in [7, 11) is 0. The van der Waals surface area contributed by atoms with E-state index in [9.17, 15) is 5.11 Å². The average Bonchev–Trinajstić information content (AvgIpc) is 1.86. The van der Waals surface area contributed by atoms with Crippen molar-refractivity contribution in [2.45, 2.75) is 37.8 Å². The number of rotatable bonds is 0. The molecule has 1 heterocycles. The lowest BCUT2D eigenvalue weighted by Crippen LogP contribution is -2.53. The lowest BCUT2D eigenvalue weighted by molar-refractivity contribution is -0.0662. The molecule has 58 valence electrons.